The average molecular weight is 256 g/mol. The minimum Gasteiger partial charge on any atom is -0.477 e. The molecule has 0 atom stereocenters. The van der Waals surface area contributed by atoms with Crippen molar-refractivity contribution in [2.75, 3.05) is 0 Å². The highest BCUT2D eigenvalue weighted by Crippen LogP contribution is 2.22. The fourth-order valence-corrected chi connectivity index (χ4v) is 1.59. The predicted molar refractivity (Wildman–Crippen MR) is 53.3 cm³/mol. The van der Waals surface area contributed by atoms with Gasteiger partial charge in [-0.1, -0.05) is 0 Å². The van der Waals surface area contributed by atoms with Crippen LogP contribution in [0, 0.1) is 6.92 Å². The quantitative estimate of drug-likeness (QED) is 0.814. The molecule has 0 radical (unpaired) electrons. The average Bonchev–Trinajstić information content (AvgIpc) is 2.48. The lowest BCUT2D eigenvalue weighted by Crippen LogP contribution is -2.00. The van der Waals surface area contributed by atoms with E-state index in [1.54, 1.807) is 6.92 Å². The lowest BCUT2D eigenvalue weighted by Gasteiger charge is -1.97. The Bertz CT molecular complexity index is 521. The van der Waals surface area contributed by atoms with Crippen LogP contribution in [-0.2, 0) is 0 Å². The van der Waals surface area contributed by atoms with Gasteiger partial charge in [-0.3, -0.25) is 5.10 Å². The summed E-state index contributed by atoms with van der Waals surface area (Å²) in [4.78, 5) is 14.7. The van der Waals surface area contributed by atoms with Gasteiger partial charge in [0.05, 0.1) is 0 Å². The minimum atomic E-state index is -1.04. The van der Waals surface area contributed by atoms with Crippen molar-refractivity contribution in [1.29, 1.82) is 0 Å². The summed E-state index contributed by atoms with van der Waals surface area (Å²) < 4.78 is 0.596. The molecule has 5 nitrogen and oxygen atoms in total. The molecule has 0 amide bonds. The minimum absolute atomic E-state index is 0.0251. The first-order valence-electron chi connectivity index (χ1n) is 3.84. The molecular weight excluding hydrogens is 250 g/mol. The van der Waals surface area contributed by atoms with Crippen molar-refractivity contribution >= 4 is 32.9 Å². The molecule has 2 N–H and O–H groups in total. The van der Waals surface area contributed by atoms with Crippen molar-refractivity contribution in [3.63, 3.8) is 0 Å². The van der Waals surface area contributed by atoms with Gasteiger partial charge in [-0.25, -0.2) is 9.78 Å². The molecule has 0 saturated heterocycles. The monoisotopic (exact) mass is 255 g/mol. The number of nitrogens with one attached hydrogen (secondary N) is 1. The smallest absolute Gasteiger partial charge is 0.354 e. The van der Waals surface area contributed by atoms with Crippen molar-refractivity contribution in [3.8, 4) is 0 Å². The van der Waals surface area contributed by atoms with E-state index in [-0.39, 0.29) is 5.69 Å². The van der Waals surface area contributed by atoms with Crippen LogP contribution in [0.2, 0.25) is 0 Å². The molecule has 0 aliphatic rings. The van der Waals surface area contributed by atoms with E-state index in [1.165, 1.54) is 6.07 Å². The second kappa shape index (κ2) is 3.06. The fourth-order valence-electron chi connectivity index (χ4n) is 1.23. The normalized spacial score (nSPS) is 10.7. The number of aromatic carboxylic acids is 1. The van der Waals surface area contributed by atoms with Crippen LogP contribution < -0.4 is 0 Å². The Morgan fingerprint density at radius 1 is 1.57 bits per heavy atom. The van der Waals surface area contributed by atoms with Gasteiger partial charge < -0.3 is 5.11 Å². The third kappa shape index (κ3) is 1.27. The zero-order chi connectivity index (χ0) is 10.3. The Morgan fingerprint density at radius 3 is 2.93 bits per heavy atom. The summed E-state index contributed by atoms with van der Waals surface area (Å²) in [6.45, 7) is 1.80. The Kier molecular flexibility index (Phi) is 1.99. The van der Waals surface area contributed by atoms with Crippen molar-refractivity contribution < 1.29 is 9.90 Å². The van der Waals surface area contributed by atoms with E-state index in [4.69, 9.17) is 5.11 Å². The first kappa shape index (κ1) is 9.14. The third-order valence-electron chi connectivity index (χ3n) is 1.88. The maximum absolute atomic E-state index is 10.7. The topological polar surface area (TPSA) is 78.9 Å². The summed E-state index contributed by atoms with van der Waals surface area (Å²) in [6.07, 6.45) is 0. The number of aryl methyl sites for hydroxylation is 1. The number of carboxylic acid groups (broad SMARTS) is 1. The van der Waals surface area contributed by atoms with E-state index in [2.05, 4.69) is 31.1 Å². The van der Waals surface area contributed by atoms with Gasteiger partial charge in [-0.05, 0) is 34.5 Å². The Morgan fingerprint density at radius 2 is 2.29 bits per heavy atom. The summed E-state index contributed by atoms with van der Waals surface area (Å²) in [5.74, 6) is -1.04. The van der Waals surface area contributed by atoms with Gasteiger partial charge in [-0.2, -0.15) is 5.10 Å². The van der Waals surface area contributed by atoms with E-state index >= 15 is 0 Å². The number of aromatic amines is 1. The van der Waals surface area contributed by atoms with E-state index in [0.717, 1.165) is 5.56 Å². The van der Waals surface area contributed by atoms with Crippen LogP contribution in [0.5, 0.6) is 0 Å². The van der Waals surface area contributed by atoms with E-state index < -0.39 is 5.97 Å². The van der Waals surface area contributed by atoms with Crippen molar-refractivity contribution in [2.24, 2.45) is 0 Å². The second-order valence-corrected chi connectivity index (χ2v) is 3.66. The summed E-state index contributed by atoms with van der Waals surface area (Å²) >= 11 is 3.21. The lowest BCUT2D eigenvalue weighted by molar-refractivity contribution is 0.0691. The highest BCUT2D eigenvalue weighted by molar-refractivity contribution is 9.10. The van der Waals surface area contributed by atoms with E-state index in [1.807, 2.05) is 0 Å². The van der Waals surface area contributed by atoms with Gasteiger partial charge in [0.15, 0.2) is 0 Å². The van der Waals surface area contributed by atoms with Gasteiger partial charge in [0.2, 0.25) is 0 Å². The van der Waals surface area contributed by atoms with Crippen LogP contribution in [-0.4, -0.2) is 26.3 Å². The number of carbonyl (C=O) groups is 1. The number of carboxylic acids is 1. The van der Waals surface area contributed by atoms with Crippen LogP contribution in [0.15, 0.2) is 10.7 Å². The van der Waals surface area contributed by atoms with Crippen LogP contribution >= 0.6 is 15.9 Å². The third-order valence-corrected chi connectivity index (χ3v) is 2.43. The van der Waals surface area contributed by atoms with Gasteiger partial charge in [0, 0.05) is 0 Å². The number of aromatic nitrogens is 3. The molecule has 0 spiro atoms. The maximum atomic E-state index is 10.7. The first-order valence-corrected chi connectivity index (χ1v) is 4.63. The number of rotatable bonds is 1. The summed E-state index contributed by atoms with van der Waals surface area (Å²) in [5, 5.41) is 15.5. The van der Waals surface area contributed by atoms with Crippen molar-refractivity contribution in [2.45, 2.75) is 6.92 Å². The molecule has 0 aliphatic carbocycles. The molecule has 6 heteroatoms. The predicted octanol–water partition coefficient (Wildman–Crippen LogP) is 1.73. The van der Waals surface area contributed by atoms with Gasteiger partial charge >= 0.3 is 5.97 Å². The molecule has 2 aromatic heterocycles. The zero-order valence-electron chi connectivity index (χ0n) is 7.21. The number of pyridine rings is 1. The van der Waals surface area contributed by atoms with Crippen LogP contribution in [0.4, 0.5) is 0 Å². The van der Waals surface area contributed by atoms with Gasteiger partial charge in [-0.15, -0.1) is 0 Å². The second-order valence-electron chi connectivity index (χ2n) is 2.86. The van der Waals surface area contributed by atoms with Crippen molar-refractivity contribution in [3.05, 3.63) is 21.9 Å². The highest BCUT2D eigenvalue weighted by atomic mass is 79.9. The number of hydrogen-bond donors (Lipinski definition) is 2. The number of fused-ring (bicyclic) bond motifs is 1. The lowest BCUT2D eigenvalue weighted by atomic mass is 10.2. The van der Waals surface area contributed by atoms with Gasteiger partial charge in [0.1, 0.15) is 21.3 Å². The number of H-pyrrole nitrogens is 1. The molecular formula is C8H6BrN3O2. The Balaban J connectivity index is 2.82. The van der Waals surface area contributed by atoms with E-state index in [0.29, 0.717) is 15.6 Å². The van der Waals surface area contributed by atoms with Crippen LogP contribution in [0.3, 0.4) is 0 Å². The fraction of sp³-hybridized carbons (Fsp3) is 0.125. The largest absolute Gasteiger partial charge is 0.477 e. The zero-order valence-corrected chi connectivity index (χ0v) is 8.79. The molecule has 2 rings (SSSR count). The van der Waals surface area contributed by atoms with E-state index in [9.17, 15) is 4.79 Å². The molecule has 2 heterocycles. The number of nitrogens with zero attached hydrogens (tertiary/aromatic N) is 2. The summed E-state index contributed by atoms with van der Waals surface area (Å²) in [7, 11) is 0. The molecule has 0 unspecified atom stereocenters. The number of halogens is 1. The molecule has 0 saturated carbocycles. The van der Waals surface area contributed by atoms with Crippen molar-refractivity contribution in [1.82, 2.24) is 15.2 Å². The summed E-state index contributed by atoms with van der Waals surface area (Å²) in [6, 6.07) is 1.50. The molecule has 72 valence electrons. The standard InChI is InChI=1S/C8H6BrN3O2/c1-3-2-4(8(13)14)10-6-5(3)11-12-7(6)9/h2H,1H3,(H,11,12)(H,13,14). The molecule has 2 aromatic rings. The summed E-state index contributed by atoms with van der Waals surface area (Å²) in [5.41, 5.74) is 2.04. The number of hydrogen-bond acceptors (Lipinski definition) is 3. The highest BCUT2D eigenvalue weighted by Gasteiger charge is 2.12. The van der Waals surface area contributed by atoms with Crippen LogP contribution in [0.25, 0.3) is 11.0 Å². The van der Waals surface area contributed by atoms with Crippen LogP contribution in [0.1, 0.15) is 16.1 Å². The van der Waals surface area contributed by atoms with Gasteiger partial charge in [0.25, 0.3) is 0 Å². The Labute approximate surface area is 87.3 Å². The first-order chi connectivity index (χ1) is 6.59. The SMILES string of the molecule is Cc1cc(C(=O)O)nc2c(Br)[nH]nc12. The molecule has 0 aromatic carbocycles. The molecule has 0 bridgehead atoms. The molecule has 0 aliphatic heterocycles. The molecule has 14 heavy (non-hydrogen) atoms. The molecule has 0 fully saturated rings. The Hall–Kier alpha value is -1.43. The maximum Gasteiger partial charge on any atom is 0.354 e.